The molecule has 4 N–H and O–H groups in total. The zero-order valence-corrected chi connectivity index (χ0v) is 22.1. The van der Waals surface area contributed by atoms with E-state index in [1.807, 2.05) is 24.1 Å². The van der Waals surface area contributed by atoms with Crippen molar-refractivity contribution in [2.45, 2.75) is 31.5 Å². The summed E-state index contributed by atoms with van der Waals surface area (Å²) in [5.74, 6) is 0.693. The molecule has 0 saturated heterocycles. The molecule has 0 radical (unpaired) electrons. The molecule has 9 heteroatoms. The predicted octanol–water partition coefficient (Wildman–Crippen LogP) is 3.86. The summed E-state index contributed by atoms with van der Waals surface area (Å²) in [4.78, 5) is 4.21. The molecule has 3 aromatic rings. The van der Waals surface area contributed by atoms with E-state index >= 15 is 0 Å². The lowest BCUT2D eigenvalue weighted by Gasteiger charge is -2.39. The van der Waals surface area contributed by atoms with E-state index in [1.54, 1.807) is 19.2 Å². The third-order valence-corrected chi connectivity index (χ3v) is 7.61. The van der Waals surface area contributed by atoms with Crippen molar-refractivity contribution in [1.82, 2.24) is 9.80 Å². The molecular weight excluding hydrogens is 488 g/mol. The molecule has 0 spiro atoms. The molecule has 2 aliphatic rings. The molecule has 38 heavy (non-hydrogen) atoms. The lowest BCUT2D eigenvalue weighted by Crippen LogP contribution is -2.36. The summed E-state index contributed by atoms with van der Waals surface area (Å²) in [6.45, 7) is 2.37. The van der Waals surface area contributed by atoms with Gasteiger partial charge in [0.25, 0.3) is 0 Å². The number of methoxy groups -OCH3 is 2. The maximum atomic E-state index is 11.5. The molecule has 0 fully saturated rings. The van der Waals surface area contributed by atoms with Crippen LogP contribution in [0.4, 0.5) is 0 Å². The van der Waals surface area contributed by atoms with Crippen LogP contribution in [0.5, 0.6) is 40.2 Å². The molecule has 0 unspecified atom stereocenters. The highest BCUT2D eigenvalue weighted by molar-refractivity contribution is 5.63. The number of phenolic OH excluding ortho intramolecular Hbond substituents is 3. The fourth-order valence-electron chi connectivity index (χ4n) is 5.50. The highest BCUT2D eigenvalue weighted by Crippen LogP contribution is 2.52. The summed E-state index contributed by atoms with van der Waals surface area (Å²) in [5.41, 5.74) is 4.23. The zero-order valence-electron chi connectivity index (χ0n) is 22.1. The Morgan fingerprint density at radius 3 is 2.21 bits per heavy atom. The van der Waals surface area contributed by atoms with E-state index in [0.717, 1.165) is 30.6 Å². The van der Waals surface area contributed by atoms with Gasteiger partial charge in [-0.2, -0.15) is 0 Å². The van der Waals surface area contributed by atoms with Gasteiger partial charge in [-0.3, -0.25) is 4.90 Å². The average Bonchev–Trinajstić information content (AvgIpc) is 2.90. The number of ether oxygens (including phenoxy) is 3. The maximum absolute atomic E-state index is 11.5. The second kappa shape index (κ2) is 10.2. The first-order valence-corrected chi connectivity index (χ1v) is 12.6. The summed E-state index contributed by atoms with van der Waals surface area (Å²) in [6.07, 6.45) is 0.454. The summed E-state index contributed by atoms with van der Waals surface area (Å²) >= 11 is 0. The standard InChI is InChI=1S/C29H34N2O7/c1-30-9-7-16-12-22(36-3)23(14-19(16)15-30)38-29-25-17(13-24(37-4)28(29)35)8-10-31(2)26(25)27(34)18-5-6-20(32)21(33)11-18/h5-6,11-14,26-27,32-35H,7-10,15H2,1-4H3/t26-,27-/m1/s1. The predicted molar refractivity (Wildman–Crippen MR) is 142 cm³/mol. The highest BCUT2D eigenvalue weighted by atomic mass is 16.5. The van der Waals surface area contributed by atoms with Gasteiger partial charge < -0.3 is 39.5 Å². The van der Waals surface area contributed by atoms with Gasteiger partial charge in [0.15, 0.2) is 34.5 Å². The Labute approximate surface area is 222 Å². The Balaban J connectivity index is 1.65. The Hall–Kier alpha value is -3.66. The van der Waals surface area contributed by atoms with Gasteiger partial charge in [0.1, 0.15) is 0 Å². The molecule has 2 atom stereocenters. The third kappa shape index (κ3) is 4.57. The van der Waals surface area contributed by atoms with Crippen LogP contribution in [0, 0.1) is 0 Å². The molecule has 3 aromatic carbocycles. The first-order valence-electron chi connectivity index (χ1n) is 12.6. The monoisotopic (exact) mass is 522 g/mol. The number of benzene rings is 3. The van der Waals surface area contributed by atoms with Gasteiger partial charge in [0.05, 0.1) is 26.4 Å². The molecule has 0 saturated carbocycles. The summed E-state index contributed by atoms with van der Waals surface area (Å²) < 4.78 is 17.6. The molecular formula is C29H34N2O7. The van der Waals surface area contributed by atoms with Gasteiger partial charge in [-0.05, 0) is 79.5 Å². The molecule has 2 heterocycles. The zero-order chi connectivity index (χ0) is 27.1. The minimum Gasteiger partial charge on any atom is -0.504 e. The van der Waals surface area contributed by atoms with Crippen molar-refractivity contribution in [3.05, 3.63) is 64.2 Å². The smallest absolute Gasteiger partial charge is 0.201 e. The first kappa shape index (κ1) is 26.0. The molecule has 0 aromatic heterocycles. The normalized spacial score (nSPS) is 18.4. The summed E-state index contributed by atoms with van der Waals surface area (Å²) in [5, 5.41) is 42.7. The van der Waals surface area contributed by atoms with E-state index < -0.39 is 12.1 Å². The van der Waals surface area contributed by atoms with Crippen LogP contribution in [0.15, 0.2) is 36.4 Å². The molecule has 0 bridgehead atoms. The summed E-state index contributed by atoms with van der Waals surface area (Å²) in [7, 11) is 7.03. The Bertz CT molecular complexity index is 1360. The Morgan fingerprint density at radius 1 is 0.816 bits per heavy atom. The van der Waals surface area contributed by atoms with Crippen LogP contribution in [0.2, 0.25) is 0 Å². The number of likely N-dealkylation sites (N-methyl/N-ethyl adjacent to an activating group) is 2. The summed E-state index contributed by atoms with van der Waals surface area (Å²) in [6, 6.07) is 9.34. The number of aromatic hydroxyl groups is 3. The van der Waals surface area contributed by atoms with E-state index in [0.29, 0.717) is 35.6 Å². The second-order valence-electron chi connectivity index (χ2n) is 10.1. The van der Waals surface area contributed by atoms with E-state index in [1.165, 1.54) is 24.8 Å². The number of phenols is 3. The minimum absolute atomic E-state index is 0.177. The average molecular weight is 523 g/mol. The van der Waals surface area contributed by atoms with E-state index in [2.05, 4.69) is 11.9 Å². The lowest BCUT2D eigenvalue weighted by molar-refractivity contribution is 0.0541. The van der Waals surface area contributed by atoms with Crippen molar-refractivity contribution in [1.29, 1.82) is 0 Å². The van der Waals surface area contributed by atoms with Crippen LogP contribution < -0.4 is 14.2 Å². The van der Waals surface area contributed by atoms with Crippen LogP contribution in [0.1, 0.15) is 40.0 Å². The van der Waals surface area contributed by atoms with Gasteiger partial charge in [-0.1, -0.05) is 6.07 Å². The topological polar surface area (TPSA) is 115 Å². The minimum atomic E-state index is -1.10. The van der Waals surface area contributed by atoms with Gasteiger partial charge in [0.2, 0.25) is 5.75 Å². The number of aliphatic hydroxyl groups is 1. The first-order chi connectivity index (χ1) is 18.2. The lowest BCUT2D eigenvalue weighted by atomic mass is 9.85. The number of hydrogen-bond acceptors (Lipinski definition) is 9. The van der Waals surface area contributed by atoms with Crippen LogP contribution in [-0.4, -0.2) is 71.6 Å². The Morgan fingerprint density at radius 2 is 1.50 bits per heavy atom. The molecule has 9 nitrogen and oxygen atoms in total. The third-order valence-electron chi connectivity index (χ3n) is 7.61. The van der Waals surface area contributed by atoms with Crippen molar-refractivity contribution in [2.24, 2.45) is 0 Å². The molecule has 0 aliphatic carbocycles. The molecule has 2 aliphatic heterocycles. The van der Waals surface area contributed by atoms with Crippen molar-refractivity contribution in [2.75, 3.05) is 41.4 Å². The van der Waals surface area contributed by atoms with Gasteiger partial charge in [-0.25, -0.2) is 0 Å². The second-order valence-corrected chi connectivity index (χ2v) is 10.1. The van der Waals surface area contributed by atoms with E-state index in [9.17, 15) is 20.4 Å². The SMILES string of the molecule is COc1cc2c(cc1Oc1c(O)c(OC)cc3c1[C@H]([C@H](O)c1ccc(O)c(O)c1)N(C)CC3)CN(C)CC2. The van der Waals surface area contributed by atoms with Crippen LogP contribution in [-0.2, 0) is 19.4 Å². The van der Waals surface area contributed by atoms with Gasteiger partial charge in [-0.15, -0.1) is 0 Å². The van der Waals surface area contributed by atoms with Crippen LogP contribution in [0.25, 0.3) is 0 Å². The number of rotatable bonds is 6. The quantitative estimate of drug-likeness (QED) is 0.358. The largest absolute Gasteiger partial charge is 0.504 e. The van der Waals surface area contributed by atoms with Crippen LogP contribution >= 0.6 is 0 Å². The van der Waals surface area contributed by atoms with Crippen LogP contribution in [0.3, 0.4) is 0 Å². The fourth-order valence-corrected chi connectivity index (χ4v) is 5.50. The number of aliphatic hydroxyl groups excluding tert-OH is 1. The van der Waals surface area contributed by atoms with Crippen molar-refractivity contribution in [3.63, 3.8) is 0 Å². The van der Waals surface area contributed by atoms with Gasteiger partial charge >= 0.3 is 0 Å². The van der Waals surface area contributed by atoms with Crippen molar-refractivity contribution >= 4 is 0 Å². The van der Waals surface area contributed by atoms with Gasteiger partial charge in [0, 0.05) is 25.2 Å². The van der Waals surface area contributed by atoms with E-state index in [4.69, 9.17) is 14.2 Å². The molecule has 5 rings (SSSR count). The molecule has 202 valence electrons. The number of hydrogen-bond donors (Lipinski definition) is 4. The van der Waals surface area contributed by atoms with Crippen molar-refractivity contribution in [3.8, 4) is 40.2 Å². The fraction of sp³-hybridized carbons (Fsp3) is 0.379. The highest BCUT2D eigenvalue weighted by Gasteiger charge is 2.37. The number of fused-ring (bicyclic) bond motifs is 2. The van der Waals surface area contributed by atoms with E-state index in [-0.39, 0.29) is 28.7 Å². The Kier molecular flexibility index (Phi) is 7.00. The number of nitrogens with zero attached hydrogens (tertiary/aromatic N) is 2. The maximum Gasteiger partial charge on any atom is 0.201 e. The van der Waals surface area contributed by atoms with Crippen molar-refractivity contribution < 1.29 is 34.6 Å². The molecule has 0 amide bonds.